The molecule has 0 fully saturated rings. The minimum Gasteiger partial charge on any atom is -0.545 e. The lowest BCUT2D eigenvalue weighted by molar-refractivity contribution is -0.385. The van der Waals surface area contributed by atoms with E-state index in [1.165, 1.54) is 12.1 Å². The number of hydrogen-bond donors (Lipinski definition) is 1. The molecule has 0 saturated carbocycles. The van der Waals surface area contributed by atoms with Gasteiger partial charge in [0.05, 0.1) is 22.1 Å². The van der Waals surface area contributed by atoms with E-state index < -0.39 is 10.9 Å². The molecule has 1 heterocycles. The van der Waals surface area contributed by atoms with Crippen molar-refractivity contribution in [2.24, 2.45) is 5.92 Å². The molecule has 1 N–H and O–H groups in total. The zero-order chi connectivity index (χ0) is 15.9. The molecule has 1 aromatic rings. The van der Waals surface area contributed by atoms with Gasteiger partial charge in [0.15, 0.2) is 0 Å². The number of nitro benzene ring substituents is 1. The fourth-order valence-corrected chi connectivity index (χ4v) is 3.72. The number of carbonyl (C=O) groups excluding carboxylic acids is 1. The molecule has 116 valence electrons. The molecule has 22 heavy (non-hydrogen) atoms. The van der Waals surface area contributed by atoms with Crippen LogP contribution in [0.25, 0.3) is 0 Å². The van der Waals surface area contributed by atoms with Crippen LogP contribution in [-0.4, -0.2) is 16.9 Å². The summed E-state index contributed by atoms with van der Waals surface area (Å²) in [6.07, 6.45) is 6.72. The number of benzene rings is 1. The topological polar surface area (TPSA) is 95.3 Å². The van der Waals surface area contributed by atoms with Crippen molar-refractivity contribution in [3.05, 3.63) is 45.5 Å². The molecule has 3 atom stereocenters. The van der Waals surface area contributed by atoms with Crippen LogP contribution in [0.15, 0.2) is 24.3 Å². The maximum Gasteiger partial charge on any atom is 0.275 e. The molecule has 0 radical (unpaired) electrons. The third kappa shape index (κ3) is 2.15. The van der Waals surface area contributed by atoms with Crippen molar-refractivity contribution in [1.82, 2.24) is 0 Å². The highest BCUT2D eigenvalue weighted by atomic mass is 16.6. The monoisotopic (exact) mass is 301 g/mol. The molecule has 0 aromatic heterocycles. The maximum atomic E-state index is 11.4. The summed E-state index contributed by atoms with van der Waals surface area (Å²) in [6.45, 7) is 2.07. The number of carboxylic acids is 1. The lowest BCUT2D eigenvalue weighted by Crippen LogP contribution is -2.38. The van der Waals surface area contributed by atoms with E-state index in [0.29, 0.717) is 11.3 Å². The Morgan fingerprint density at radius 1 is 1.45 bits per heavy atom. The standard InChI is InChI=1S/C16H18N2O4/c1-2-4-12-9-5-3-6-10(9)14-13(18(21)22)8-7-11(16(19)20)15(14)17-12/h3,6-10,12,17H,2,4-5H2,1H3,(H,19,20)/p-1/t9-,10-,12-/m0/s1. The SMILES string of the molecule is CCC[C@@H]1Nc2c(C(=O)[O-])ccc([N+](=O)[O-])c2[C@H]2C=CC[C@H]12. The Kier molecular flexibility index (Phi) is 3.60. The highest BCUT2D eigenvalue weighted by molar-refractivity contribution is 5.95. The summed E-state index contributed by atoms with van der Waals surface area (Å²) in [5.74, 6) is -1.18. The van der Waals surface area contributed by atoms with Crippen LogP contribution in [0.3, 0.4) is 0 Å². The summed E-state index contributed by atoms with van der Waals surface area (Å²) >= 11 is 0. The zero-order valence-electron chi connectivity index (χ0n) is 12.2. The van der Waals surface area contributed by atoms with Crippen molar-refractivity contribution >= 4 is 17.3 Å². The number of nitrogens with one attached hydrogen (secondary N) is 1. The van der Waals surface area contributed by atoms with Crippen molar-refractivity contribution < 1.29 is 14.8 Å². The van der Waals surface area contributed by atoms with Crippen LogP contribution in [0.5, 0.6) is 0 Å². The largest absolute Gasteiger partial charge is 0.545 e. The molecule has 3 rings (SSSR count). The number of aromatic carboxylic acids is 1. The lowest BCUT2D eigenvalue weighted by atomic mass is 9.76. The van der Waals surface area contributed by atoms with Crippen molar-refractivity contribution in [3.63, 3.8) is 0 Å². The van der Waals surface area contributed by atoms with Crippen LogP contribution in [0.2, 0.25) is 0 Å². The van der Waals surface area contributed by atoms with E-state index in [0.717, 1.165) is 19.3 Å². The minimum atomic E-state index is -1.31. The summed E-state index contributed by atoms with van der Waals surface area (Å²) < 4.78 is 0. The minimum absolute atomic E-state index is 0.000420. The average Bonchev–Trinajstić information content (AvgIpc) is 2.95. The van der Waals surface area contributed by atoms with Crippen LogP contribution in [-0.2, 0) is 0 Å². The fraction of sp³-hybridized carbons (Fsp3) is 0.438. The van der Waals surface area contributed by atoms with E-state index >= 15 is 0 Å². The summed E-state index contributed by atoms with van der Waals surface area (Å²) in [7, 11) is 0. The first kappa shape index (κ1) is 14.6. The summed E-state index contributed by atoms with van der Waals surface area (Å²) in [4.78, 5) is 22.3. The van der Waals surface area contributed by atoms with Gasteiger partial charge in [0.25, 0.3) is 5.69 Å². The summed E-state index contributed by atoms with van der Waals surface area (Å²) in [6, 6.07) is 2.66. The Hall–Kier alpha value is -2.37. The Morgan fingerprint density at radius 3 is 2.86 bits per heavy atom. The molecule has 0 bridgehead atoms. The number of nitro groups is 1. The van der Waals surface area contributed by atoms with Gasteiger partial charge in [0.1, 0.15) is 0 Å². The second-order valence-electron chi connectivity index (χ2n) is 5.86. The number of carbonyl (C=O) groups is 1. The summed E-state index contributed by atoms with van der Waals surface area (Å²) in [5.41, 5.74) is 0.822. The van der Waals surface area contributed by atoms with Crippen LogP contribution < -0.4 is 10.4 Å². The number of anilines is 1. The van der Waals surface area contributed by atoms with E-state index in [-0.39, 0.29) is 29.1 Å². The van der Waals surface area contributed by atoms with Crippen molar-refractivity contribution in [3.8, 4) is 0 Å². The highest BCUT2D eigenvalue weighted by Crippen LogP contribution is 2.49. The first-order valence-corrected chi connectivity index (χ1v) is 7.50. The first-order valence-electron chi connectivity index (χ1n) is 7.50. The van der Waals surface area contributed by atoms with Crippen molar-refractivity contribution in [1.29, 1.82) is 0 Å². The van der Waals surface area contributed by atoms with Gasteiger partial charge >= 0.3 is 0 Å². The predicted octanol–water partition coefficient (Wildman–Crippen LogP) is 2.21. The van der Waals surface area contributed by atoms with E-state index in [2.05, 4.69) is 12.2 Å². The molecule has 1 aliphatic heterocycles. The van der Waals surface area contributed by atoms with Crippen LogP contribution >= 0.6 is 0 Å². The molecule has 6 nitrogen and oxygen atoms in total. The quantitative estimate of drug-likeness (QED) is 0.522. The van der Waals surface area contributed by atoms with Crippen molar-refractivity contribution in [2.45, 2.75) is 38.1 Å². The van der Waals surface area contributed by atoms with Gasteiger partial charge in [-0.25, -0.2) is 0 Å². The fourth-order valence-electron chi connectivity index (χ4n) is 3.72. The molecule has 1 aliphatic carbocycles. The van der Waals surface area contributed by atoms with Gasteiger partial charge in [-0.2, -0.15) is 0 Å². The number of allylic oxidation sites excluding steroid dienone is 2. The first-order chi connectivity index (χ1) is 10.5. The van der Waals surface area contributed by atoms with Crippen LogP contribution in [0.1, 0.15) is 48.0 Å². The number of nitrogens with zero attached hydrogens (tertiary/aromatic N) is 1. The molecular formula is C16H17N2O4-. The Morgan fingerprint density at radius 2 is 2.23 bits per heavy atom. The van der Waals surface area contributed by atoms with E-state index in [9.17, 15) is 20.0 Å². The predicted molar refractivity (Wildman–Crippen MR) is 79.7 cm³/mol. The second-order valence-corrected chi connectivity index (χ2v) is 5.86. The number of carboxylic acid groups (broad SMARTS) is 1. The van der Waals surface area contributed by atoms with Crippen LogP contribution in [0.4, 0.5) is 11.4 Å². The Labute approximate surface area is 128 Å². The highest BCUT2D eigenvalue weighted by Gasteiger charge is 2.41. The molecule has 0 amide bonds. The molecule has 0 spiro atoms. The van der Waals surface area contributed by atoms with Gasteiger partial charge in [0.2, 0.25) is 0 Å². The molecule has 0 saturated heterocycles. The Bertz CT molecular complexity index is 668. The molecule has 6 heteroatoms. The third-order valence-corrected chi connectivity index (χ3v) is 4.63. The normalized spacial score (nSPS) is 25.2. The maximum absolute atomic E-state index is 11.4. The number of rotatable bonds is 4. The number of hydrogen-bond acceptors (Lipinski definition) is 5. The molecule has 1 aromatic carbocycles. The van der Waals surface area contributed by atoms with Gasteiger partial charge in [-0.15, -0.1) is 0 Å². The smallest absolute Gasteiger partial charge is 0.275 e. The van der Waals surface area contributed by atoms with E-state index in [4.69, 9.17) is 0 Å². The Balaban J connectivity index is 2.20. The van der Waals surface area contributed by atoms with E-state index in [1.807, 2.05) is 12.2 Å². The van der Waals surface area contributed by atoms with Gasteiger partial charge in [-0.05, 0) is 24.8 Å². The average molecular weight is 301 g/mol. The molecular weight excluding hydrogens is 284 g/mol. The van der Waals surface area contributed by atoms with Gasteiger partial charge in [-0.3, -0.25) is 10.1 Å². The molecule has 0 unspecified atom stereocenters. The second kappa shape index (κ2) is 5.44. The lowest BCUT2D eigenvalue weighted by Gasteiger charge is -2.38. The van der Waals surface area contributed by atoms with Crippen molar-refractivity contribution in [2.75, 3.05) is 5.32 Å². The van der Waals surface area contributed by atoms with Gasteiger partial charge < -0.3 is 15.2 Å². The summed E-state index contributed by atoms with van der Waals surface area (Å²) in [5, 5.41) is 26.0. The van der Waals surface area contributed by atoms with Crippen LogP contribution in [0, 0.1) is 16.0 Å². The molecule has 2 aliphatic rings. The third-order valence-electron chi connectivity index (χ3n) is 4.63. The number of fused-ring (bicyclic) bond motifs is 3. The van der Waals surface area contributed by atoms with E-state index in [1.54, 1.807) is 0 Å². The zero-order valence-corrected chi connectivity index (χ0v) is 12.2. The van der Waals surface area contributed by atoms with Gasteiger partial charge in [-0.1, -0.05) is 25.5 Å². The van der Waals surface area contributed by atoms with Gasteiger partial charge in [0, 0.05) is 23.6 Å².